The fourth-order valence-electron chi connectivity index (χ4n) is 7.85. The van der Waals surface area contributed by atoms with Gasteiger partial charge in [0.05, 0.1) is 7.11 Å². The number of ketones is 2. The van der Waals surface area contributed by atoms with Crippen molar-refractivity contribution in [3.63, 3.8) is 0 Å². The normalized spacial score (nSPS) is 14.7. The summed E-state index contributed by atoms with van der Waals surface area (Å²) < 4.78 is 10.8. The molecule has 1 aliphatic carbocycles. The zero-order valence-electron chi connectivity index (χ0n) is 30.5. The van der Waals surface area contributed by atoms with Gasteiger partial charge in [0.25, 0.3) is 0 Å². The van der Waals surface area contributed by atoms with E-state index >= 15 is 0 Å². The Hall–Kier alpha value is -3.49. The monoisotopic (exact) mass is 682 g/mol. The van der Waals surface area contributed by atoms with Gasteiger partial charge in [-0.2, -0.15) is 0 Å². The molecule has 3 aromatic carbocycles. The third-order valence-corrected chi connectivity index (χ3v) is 15.5. The Kier molecular flexibility index (Phi) is 15.8. The van der Waals surface area contributed by atoms with Gasteiger partial charge in [0.15, 0.2) is 0 Å². The van der Waals surface area contributed by atoms with Gasteiger partial charge in [-0.05, 0) is 0 Å². The Morgan fingerprint density at radius 2 is 0.918 bits per heavy atom. The molecule has 3 aromatic rings. The topological polar surface area (TPSA) is 52.6 Å². The maximum absolute atomic E-state index is 13.7. The number of carbonyl (C=O) groups is 2. The van der Waals surface area contributed by atoms with Gasteiger partial charge in [-0.1, -0.05) is 32.6 Å². The number of hydrogen-bond donors (Lipinski definition) is 0. The summed E-state index contributed by atoms with van der Waals surface area (Å²) in [6.07, 6.45) is 17.3. The van der Waals surface area contributed by atoms with E-state index in [0.717, 1.165) is 51.1 Å². The van der Waals surface area contributed by atoms with Crippen LogP contribution >= 0.6 is 7.26 Å². The first-order valence-corrected chi connectivity index (χ1v) is 21.0. The fourth-order valence-corrected chi connectivity index (χ4v) is 12.8. The van der Waals surface area contributed by atoms with E-state index in [1.807, 2.05) is 0 Å². The first kappa shape index (κ1) is 38.3. The van der Waals surface area contributed by atoms with E-state index < -0.39 is 7.26 Å². The van der Waals surface area contributed by atoms with Crippen molar-refractivity contribution in [3.05, 3.63) is 114 Å². The van der Waals surface area contributed by atoms with Crippen molar-refractivity contribution in [2.75, 3.05) is 20.4 Å². The van der Waals surface area contributed by atoms with Gasteiger partial charge in [-0.25, -0.2) is 0 Å². The first-order valence-electron chi connectivity index (χ1n) is 18.8. The second kappa shape index (κ2) is 20.2. The fraction of sp³-hybridized carbons (Fsp3) is 0.455. The van der Waals surface area contributed by atoms with Crippen molar-refractivity contribution in [2.45, 2.75) is 104 Å². The summed E-state index contributed by atoms with van der Waals surface area (Å²) in [6, 6.07) is 33.4. The number of ether oxygens (including phenoxy) is 2. The van der Waals surface area contributed by atoms with Crippen LogP contribution in [0.5, 0.6) is 0 Å². The number of rotatable bonds is 22. The van der Waals surface area contributed by atoms with Crippen LogP contribution in [-0.4, -0.2) is 31.9 Å². The second-order valence-corrected chi connectivity index (χ2v) is 17.7. The molecule has 0 fully saturated rings. The SMILES string of the molecule is CCCCCCCCCCC(CCCCCC[PH](c1ccccc1)(c1ccccc1)c1ccccc1)C1=C(C)C(=O)C(OC)=C(OC)C1=O. The molecule has 0 saturated heterocycles. The molecule has 0 aromatic heterocycles. The summed E-state index contributed by atoms with van der Waals surface area (Å²) in [6.45, 7) is 4.05. The molecule has 0 spiro atoms. The standard InChI is InChI=1S/C44H59O4P/c1-5-6-7-8-9-10-11-17-26-36(40-35(2)41(45)43(47-3)44(48-4)42(40)46)27-18-12-13-25-34-49(37-28-19-14-20-29-37,38-30-21-15-22-31-38)39-32-23-16-24-33-39/h14-16,19-24,28-33,36,49H,5-13,17-18,25-27,34H2,1-4H3. The van der Waals surface area contributed by atoms with Crippen molar-refractivity contribution >= 4 is 34.7 Å². The number of unbranched alkanes of at least 4 members (excludes halogenated alkanes) is 10. The molecular weight excluding hydrogens is 623 g/mol. The second-order valence-electron chi connectivity index (χ2n) is 13.7. The third-order valence-electron chi connectivity index (χ3n) is 10.5. The van der Waals surface area contributed by atoms with Crippen molar-refractivity contribution in [1.29, 1.82) is 0 Å². The molecule has 1 aliphatic rings. The molecule has 4 rings (SSSR count). The van der Waals surface area contributed by atoms with Crippen molar-refractivity contribution in [1.82, 2.24) is 0 Å². The molecule has 49 heavy (non-hydrogen) atoms. The van der Waals surface area contributed by atoms with E-state index in [0.29, 0.717) is 11.1 Å². The van der Waals surface area contributed by atoms with Crippen LogP contribution in [0.4, 0.5) is 0 Å². The number of benzene rings is 3. The Balaban J connectivity index is 1.45. The van der Waals surface area contributed by atoms with E-state index in [-0.39, 0.29) is 29.0 Å². The molecular formula is C44H59O4P. The van der Waals surface area contributed by atoms with Gasteiger partial charge in [0.1, 0.15) is 0 Å². The van der Waals surface area contributed by atoms with Crippen LogP contribution in [0.25, 0.3) is 0 Å². The van der Waals surface area contributed by atoms with Crippen LogP contribution in [-0.2, 0) is 19.1 Å². The van der Waals surface area contributed by atoms with Crippen molar-refractivity contribution in [2.24, 2.45) is 5.92 Å². The van der Waals surface area contributed by atoms with Gasteiger partial charge in [-0.3, -0.25) is 0 Å². The summed E-state index contributed by atoms with van der Waals surface area (Å²) in [7, 11) is 0.647. The van der Waals surface area contributed by atoms with E-state index in [1.165, 1.54) is 75.1 Å². The summed E-state index contributed by atoms with van der Waals surface area (Å²) in [5.41, 5.74) is 1.17. The molecule has 0 saturated carbocycles. The van der Waals surface area contributed by atoms with E-state index in [9.17, 15) is 9.59 Å². The zero-order chi connectivity index (χ0) is 34.9. The summed E-state index contributed by atoms with van der Waals surface area (Å²) in [5, 5.41) is 4.37. The average molecular weight is 683 g/mol. The van der Waals surface area contributed by atoms with Gasteiger partial charge < -0.3 is 0 Å². The number of hydrogen-bond acceptors (Lipinski definition) is 4. The average Bonchev–Trinajstić information content (AvgIpc) is 3.14. The number of Topliss-reactive ketones (excluding diaryl/α,β-unsaturated/α-hetero) is 2. The molecule has 0 amide bonds. The van der Waals surface area contributed by atoms with Crippen molar-refractivity contribution < 1.29 is 19.1 Å². The number of methoxy groups -OCH3 is 2. The zero-order valence-corrected chi connectivity index (χ0v) is 31.5. The van der Waals surface area contributed by atoms with Gasteiger partial charge in [-0.15, -0.1) is 0 Å². The van der Waals surface area contributed by atoms with Crippen LogP contribution < -0.4 is 15.9 Å². The third kappa shape index (κ3) is 9.82. The van der Waals surface area contributed by atoms with E-state index in [1.54, 1.807) is 6.92 Å². The molecule has 0 N–H and O–H groups in total. The predicted octanol–water partition coefficient (Wildman–Crippen LogP) is 9.78. The Morgan fingerprint density at radius 1 is 0.531 bits per heavy atom. The van der Waals surface area contributed by atoms with E-state index in [4.69, 9.17) is 9.47 Å². The van der Waals surface area contributed by atoms with Gasteiger partial charge in [0, 0.05) is 0 Å². The molecule has 0 radical (unpaired) electrons. The van der Waals surface area contributed by atoms with Crippen LogP contribution in [0.1, 0.15) is 104 Å². The predicted molar refractivity (Wildman–Crippen MR) is 209 cm³/mol. The molecule has 1 atom stereocenters. The Morgan fingerprint density at radius 3 is 1.35 bits per heavy atom. The molecule has 0 aliphatic heterocycles. The van der Waals surface area contributed by atoms with Gasteiger partial charge in [0.2, 0.25) is 0 Å². The molecule has 0 heterocycles. The van der Waals surface area contributed by atoms with Crippen LogP contribution in [0, 0.1) is 5.92 Å². The Bertz CT molecular complexity index is 1410. The maximum atomic E-state index is 13.7. The minimum absolute atomic E-state index is 0.0301. The molecule has 264 valence electrons. The molecule has 5 heteroatoms. The van der Waals surface area contributed by atoms with Crippen LogP contribution in [0.15, 0.2) is 114 Å². The molecule has 4 nitrogen and oxygen atoms in total. The van der Waals surface area contributed by atoms with Crippen LogP contribution in [0.2, 0.25) is 0 Å². The minimum atomic E-state index is -2.24. The molecule has 1 unspecified atom stereocenters. The van der Waals surface area contributed by atoms with Crippen LogP contribution in [0.3, 0.4) is 0 Å². The number of allylic oxidation sites excluding steroid dienone is 2. The van der Waals surface area contributed by atoms with E-state index in [2.05, 4.69) is 97.9 Å². The quantitative estimate of drug-likeness (QED) is 0.0602. The number of carbonyl (C=O) groups excluding carboxylic acids is 2. The molecule has 0 bridgehead atoms. The van der Waals surface area contributed by atoms with Crippen molar-refractivity contribution in [3.8, 4) is 0 Å². The summed E-state index contributed by atoms with van der Waals surface area (Å²) in [5.74, 6) is -0.267. The summed E-state index contributed by atoms with van der Waals surface area (Å²) >= 11 is 0. The Labute approximate surface area is 296 Å². The van der Waals surface area contributed by atoms with Gasteiger partial charge >= 0.3 is 258 Å². The summed E-state index contributed by atoms with van der Waals surface area (Å²) in [4.78, 5) is 27.0. The first-order chi connectivity index (χ1) is 24.0.